The largest absolute Gasteiger partial charge is 0.457 e. The first-order chi connectivity index (χ1) is 22.7. The van der Waals surface area contributed by atoms with Crippen LogP contribution in [-0.2, 0) is 35.1 Å². The number of aromatic amines is 1. The molecule has 4 aliphatic rings. The summed E-state index contributed by atoms with van der Waals surface area (Å²) in [6.07, 6.45) is 5.61. The molecule has 0 amide bonds. The van der Waals surface area contributed by atoms with Gasteiger partial charge in [0.15, 0.2) is 6.10 Å². The molecule has 1 saturated carbocycles. The first kappa shape index (κ1) is 34.6. The third-order valence-corrected chi connectivity index (χ3v) is 10.7. The van der Waals surface area contributed by atoms with Crippen molar-refractivity contribution in [1.29, 1.82) is 0 Å². The molecule has 4 bridgehead atoms. The average molecular weight is 667 g/mol. The van der Waals surface area contributed by atoms with E-state index in [0.717, 1.165) is 16.8 Å². The molecule has 2 fully saturated rings. The maximum absolute atomic E-state index is 13.2. The number of aromatic nitrogens is 2. The standard InChI is InChI=1S/C37H50N2O9/c1-19-14-20(2)37-24(16-28(44-8)34(42)46-31(19)22(4)40)11-12-26-29(37)30(41)21(3)32(33(26)47-37)45-18-25-15-23(17-38-25)27-10-9-13-39(27)35(43)48-36(5,6)7/h9-15,17,19,21-22,24,26,28-33,38,40-41H,16,18H2,1-8H3/b20-14+/t19-,21-,22?,24?,26-,28+,29+,30-,31?,32-,33-,37+/m1/s1. The normalized spacial score (nSPS) is 38.0. The van der Waals surface area contributed by atoms with Gasteiger partial charge >= 0.3 is 12.1 Å². The lowest BCUT2D eigenvalue weighted by molar-refractivity contribution is -0.172. The summed E-state index contributed by atoms with van der Waals surface area (Å²) in [5, 5.41) is 22.5. The van der Waals surface area contributed by atoms with Crippen molar-refractivity contribution in [2.45, 2.75) is 109 Å². The van der Waals surface area contributed by atoms with Gasteiger partial charge in [-0.15, -0.1) is 0 Å². The molecule has 11 heteroatoms. The summed E-state index contributed by atoms with van der Waals surface area (Å²) in [6, 6.07) is 5.61. The highest BCUT2D eigenvalue weighted by Crippen LogP contribution is 2.61. The van der Waals surface area contributed by atoms with Crippen LogP contribution in [0.4, 0.5) is 4.79 Å². The zero-order valence-corrected chi connectivity index (χ0v) is 29.1. The van der Waals surface area contributed by atoms with E-state index in [2.05, 4.69) is 17.1 Å². The maximum atomic E-state index is 13.2. The monoisotopic (exact) mass is 666 g/mol. The molecule has 2 aliphatic heterocycles. The number of cyclic esters (lactones) is 1. The van der Waals surface area contributed by atoms with E-state index < -0.39 is 53.8 Å². The van der Waals surface area contributed by atoms with Crippen molar-refractivity contribution in [3.05, 3.63) is 60.1 Å². The molecule has 11 nitrogen and oxygen atoms in total. The van der Waals surface area contributed by atoms with Crippen LogP contribution in [0.2, 0.25) is 0 Å². The molecule has 48 heavy (non-hydrogen) atoms. The molecule has 6 rings (SSSR count). The highest BCUT2D eigenvalue weighted by molar-refractivity contribution is 5.79. The van der Waals surface area contributed by atoms with E-state index in [-0.39, 0.29) is 42.3 Å². The Hall–Kier alpha value is -3.22. The summed E-state index contributed by atoms with van der Waals surface area (Å²) < 4.78 is 32.2. The zero-order chi connectivity index (χ0) is 34.7. The summed E-state index contributed by atoms with van der Waals surface area (Å²) in [4.78, 5) is 29.3. The molecule has 0 aromatic carbocycles. The van der Waals surface area contributed by atoms with E-state index in [4.69, 9.17) is 23.7 Å². The molecule has 1 spiro atoms. The van der Waals surface area contributed by atoms with Crippen LogP contribution in [0.5, 0.6) is 0 Å². The summed E-state index contributed by atoms with van der Waals surface area (Å²) in [5.74, 6) is -1.69. The molecule has 1 saturated heterocycles. The van der Waals surface area contributed by atoms with Gasteiger partial charge < -0.3 is 38.9 Å². The van der Waals surface area contributed by atoms with Crippen molar-refractivity contribution in [2.75, 3.05) is 7.11 Å². The average Bonchev–Trinajstić information content (AvgIpc) is 3.73. The Labute approximate surface area is 282 Å². The van der Waals surface area contributed by atoms with Crippen LogP contribution in [0.3, 0.4) is 0 Å². The Bertz CT molecular complexity index is 1570. The Morgan fingerprint density at radius 2 is 2.00 bits per heavy atom. The van der Waals surface area contributed by atoms with Crippen molar-refractivity contribution < 1.29 is 43.5 Å². The summed E-state index contributed by atoms with van der Waals surface area (Å²) in [6.45, 7) is 13.3. The summed E-state index contributed by atoms with van der Waals surface area (Å²) in [7, 11) is 1.48. The van der Waals surface area contributed by atoms with Gasteiger partial charge in [-0.2, -0.15) is 0 Å². The van der Waals surface area contributed by atoms with Crippen LogP contribution in [0, 0.1) is 29.6 Å². The number of hydrogen-bond acceptors (Lipinski definition) is 9. The SMILES string of the molecule is CO[C@H]1CC2C=C[C@H]3[C@H]4O[C@]2(/C(C)=C/[C@@H](C)C(C(C)O)OC1=O)[C@@H]3[C@H](O)[C@@H](C)[C@H]4OCc1cc(-c2cccn2C(=O)OC(C)(C)C)c[nH]1. The number of carbonyl (C=O) groups excluding carboxylic acids is 2. The molecule has 2 aromatic rings. The van der Waals surface area contributed by atoms with Gasteiger partial charge in [-0.05, 0) is 64.8 Å². The first-order valence-electron chi connectivity index (χ1n) is 17.0. The predicted molar refractivity (Wildman–Crippen MR) is 177 cm³/mol. The van der Waals surface area contributed by atoms with Crippen molar-refractivity contribution >= 4 is 12.1 Å². The molecule has 12 atom stereocenters. The molecule has 3 unspecified atom stereocenters. The van der Waals surface area contributed by atoms with Gasteiger partial charge in [0.05, 0.1) is 36.7 Å². The number of nitrogens with one attached hydrogen (secondary N) is 1. The molecule has 262 valence electrons. The lowest BCUT2D eigenvalue weighted by Crippen LogP contribution is -2.57. The topological polar surface area (TPSA) is 141 Å². The summed E-state index contributed by atoms with van der Waals surface area (Å²) in [5.41, 5.74) is 1.75. The summed E-state index contributed by atoms with van der Waals surface area (Å²) >= 11 is 0. The number of nitrogens with zero attached hydrogens (tertiary/aromatic N) is 1. The number of ether oxygens (including phenoxy) is 5. The minimum absolute atomic E-state index is 0.101. The Morgan fingerprint density at radius 1 is 1.25 bits per heavy atom. The number of aliphatic hydroxyl groups is 2. The quantitative estimate of drug-likeness (QED) is 0.287. The fourth-order valence-corrected chi connectivity index (χ4v) is 8.52. The molecule has 3 N–H and O–H groups in total. The number of aliphatic hydroxyl groups excluding tert-OH is 2. The minimum Gasteiger partial charge on any atom is -0.457 e. The van der Waals surface area contributed by atoms with Gasteiger partial charge in [-0.25, -0.2) is 9.59 Å². The van der Waals surface area contributed by atoms with Gasteiger partial charge in [0.1, 0.15) is 17.3 Å². The second kappa shape index (κ2) is 12.9. The second-order valence-corrected chi connectivity index (χ2v) is 15.1. The first-order valence-corrected chi connectivity index (χ1v) is 17.0. The Balaban J connectivity index is 1.26. The van der Waals surface area contributed by atoms with Gasteiger partial charge in [-0.1, -0.05) is 32.1 Å². The third kappa shape index (κ3) is 5.98. The fourth-order valence-electron chi connectivity index (χ4n) is 8.52. The highest BCUT2D eigenvalue weighted by Gasteiger charge is 2.68. The number of rotatable bonds is 6. The maximum Gasteiger partial charge on any atom is 0.418 e. The van der Waals surface area contributed by atoms with Crippen molar-refractivity contribution in [3.63, 3.8) is 0 Å². The number of hydrogen-bond donors (Lipinski definition) is 3. The smallest absolute Gasteiger partial charge is 0.418 e. The molecular formula is C37H50N2O9. The lowest BCUT2D eigenvalue weighted by atomic mass is 9.57. The van der Waals surface area contributed by atoms with Crippen LogP contribution in [-0.4, -0.2) is 86.8 Å². The number of esters is 1. The van der Waals surface area contributed by atoms with Crippen molar-refractivity contribution in [1.82, 2.24) is 9.55 Å². The van der Waals surface area contributed by atoms with E-state index in [1.54, 1.807) is 19.2 Å². The highest BCUT2D eigenvalue weighted by atomic mass is 16.6. The molecular weight excluding hydrogens is 616 g/mol. The molecule has 2 aliphatic carbocycles. The molecule has 4 heterocycles. The second-order valence-electron chi connectivity index (χ2n) is 15.1. The molecule has 2 aromatic heterocycles. The van der Waals surface area contributed by atoms with Crippen LogP contribution in [0.1, 0.15) is 60.6 Å². The lowest BCUT2D eigenvalue weighted by Gasteiger charge is -2.49. The van der Waals surface area contributed by atoms with Gasteiger partial charge in [-0.3, -0.25) is 4.57 Å². The van der Waals surface area contributed by atoms with Gasteiger partial charge in [0.2, 0.25) is 0 Å². The van der Waals surface area contributed by atoms with E-state index in [1.807, 2.05) is 65.9 Å². The predicted octanol–water partition coefficient (Wildman–Crippen LogP) is 5.01. The number of H-pyrrole nitrogens is 1. The minimum atomic E-state index is -0.894. The van der Waals surface area contributed by atoms with E-state index in [9.17, 15) is 19.8 Å². The molecule has 0 radical (unpaired) electrons. The Morgan fingerprint density at radius 3 is 2.69 bits per heavy atom. The fraction of sp³-hybridized carbons (Fsp3) is 0.622. The van der Waals surface area contributed by atoms with Gasteiger partial charge in [0, 0.05) is 60.4 Å². The van der Waals surface area contributed by atoms with Gasteiger partial charge in [0.25, 0.3) is 0 Å². The Kier molecular flexibility index (Phi) is 9.32. The zero-order valence-electron chi connectivity index (χ0n) is 29.1. The van der Waals surface area contributed by atoms with E-state index in [0.29, 0.717) is 12.1 Å². The van der Waals surface area contributed by atoms with Crippen LogP contribution >= 0.6 is 0 Å². The third-order valence-electron chi connectivity index (χ3n) is 10.7. The van der Waals surface area contributed by atoms with Crippen LogP contribution < -0.4 is 0 Å². The van der Waals surface area contributed by atoms with Crippen LogP contribution in [0.25, 0.3) is 11.3 Å². The number of methoxy groups -OCH3 is 1. The number of carbonyl (C=O) groups is 2. The van der Waals surface area contributed by atoms with Crippen molar-refractivity contribution in [2.24, 2.45) is 29.6 Å². The van der Waals surface area contributed by atoms with Crippen molar-refractivity contribution in [3.8, 4) is 11.3 Å². The van der Waals surface area contributed by atoms with E-state index in [1.165, 1.54) is 11.7 Å². The van der Waals surface area contributed by atoms with Crippen LogP contribution in [0.15, 0.2) is 54.4 Å². The van der Waals surface area contributed by atoms with E-state index >= 15 is 0 Å².